The fourth-order valence-corrected chi connectivity index (χ4v) is 1.03. The minimum Gasteiger partial charge on any atom is -0.316 e. The highest BCUT2D eigenvalue weighted by atomic mass is 79.9. The van der Waals surface area contributed by atoms with Crippen molar-refractivity contribution in [1.29, 1.82) is 0 Å². The molecule has 0 saturated heterocycles. The summed E-state index contributed by atoms with van der Waals surface area (Å²) in [4.78, 5) is 0. The normalized spacial score (nSPS) is 10.5. The molecular formula is C11H12BrN. The Hall–Kier alpha value is -0.780. The summed E-state index contributed by atoms with van der Waals surface area (Å²) >= 11 is 3.36. The van der Waals surface area contributed by atoms with E-state index in [1.54, 1.807) is 0 Å². The smallest absolute Gasteiger partial charge is 0.0722 e. The van der Waals surface area contributed by atoms with Gasteiger partial charge in [0.2, 0.25) is 0 Å². The van der Waals surface area contributed by atoms with Crippen LogP contribution in [0.15, 0.2) is 28.7 Å². The highest BCUT2D eigenvalue weighted by Crippen LogP contribution is 2.09. The molecular weight excluding hydrogens is 226 g/mol. The SMILES string of the molecule is CC(C)(N)C#Cc1ccc(Br)cc1. The minimum absolute atomic E-state index is 0.424. The summed E-state index contributed by atoms with van der Waals surface area (Å²) in [7, 11) is 0. The summed E-state index contributed by atoms with van der Waals surface area (Å²) in [6.45, 7) is 3.78. The summed E-state index contributed by atoms with van der Waals surface area (Å²) < 4.78 is 1.06. The first-order valence-electron chi connectivity index (χ1n) is 4.05. The van der Waals surface area contributed by atoms with Gasteiger partial charge in [-0.2, -0.15) is 0 Å². The quantitative estimate of drug-likeness (QED) is 0.690. The lowest BCUT2D eigenvalue weighted by atomic mass is 10.1. The maximum Gasteiger partial charge on any atom is 0.0722 e. The van der Waals surface area contributed by atoms with E-state index in [2.05, 4.69) is 27.8 Å². The second-order valence-corrected chi connectivity index (χ2v) is 4.39. The zero-order valence-electron chi connectivity index (χ0n) is 7.76. The van der Waals surface area contributed by atoms with Gasteiger partial charge >= 0.3 is 0 Å². The molecule has 1 nitrogen and oxygen atoms in total. The van der Waals surface area contributed by atoms with Crippen LogP contribution in [0.4, 0.5) is 0 Å². The van der Waals surface area contributed by atoms with Crippen molar-refractivity contribution >= 4 is 15.9 Å². The van der Waals surface area contributed by atoms with Gasteiger partial charge in [-0.3, -0.25) is 0 Å². The minimum atomic E-state index is -0.424. The van der Waals surface area contributed by atoms with Crippen molar-refractivity contribution in [2.75, 3.05) is 0 Å². The summed E-state index contributed by atoms with van der Waals surface area (Å²) in [5.41, 5.74) is 6.29. The van der Waals surface area contributed by atoms with E-state index in [4.69, 9.17) is 5.73 Å². The van der Waals surface area contributed by atoms with Gasteiger partial charge in [-0.25, -0.2) is 0 Å². The second kappa shape index (κ2) is 3.95. The molecule has 2 heteroatoms. The van der Waals surface area contributed by atoms with Gasteiger partial charge in [0.05, 0.1) is 5.54 Å². The van der Waals surface area contributed by atoms with Crippen LogP contribution < -0.4 is 5.73 Å². The van der Waals surface area contributed by atoms with E-state index < -0.39 is 5.54 Å². The maximum atomic E-state index is 5.73. The van der Waals surface area contributed by atoms with E-state index in [-0.39, 0.29) is 0 Å². The van der Waals surface area contributed by atoms with Crippen molar-refractivity contribution in [1.82, 2.24) is 0 Å². The summed E-state index contributed by atoms with van der Waals surface area (Å²) in [5.74, 6) is 5.99. The molecule has 0 radical (unpaired) electrons. The van der Waals surface area contributed by atoms with E-state index in [0.717, 1.165) is 10.0 Å². The third kappa shape index (κ3) is 4.12. The molecule has 0 atom stereocenters. The van der Waals surface area contributed by atoms with Crippen LogP contribution >= 0.6 is 15.9 Å². The lowest BCUT2D eigenvalue weighted by molar-refractivity contribution is 0.680. The van der Waals surface area contributed by atoms with Gasteiger partial charge in [0.15, 0.2) is 0 Å². The molecule has 0 aromatic heterocycles. The highest BCUT2D eigenvalue weighted by molar-refractivity contribution is 9.10. The van der Waals surface area contributed by atoms with E-state index in [1.165, 1.54) is 0 Å². The van der Waals surface area contributed by atoms with Gasteiger partial charge in [-0.1, -0.05) is 27.8 Å². The highest BCUT2D eigenvalue weighted by Gasteiger charge is 2.03. The number of rotatable bonds is 0. The Morgan fingerprint density at radius 2 is 1.77 bits per heavy atom. The molecule has 0 aliphatic heterocycles. The van der Waals surface area contributed by atoms with E-state index in [0.29, 0.717) is 0 Å². The standard InChI is InChI=1S/C11H12BrN/c1-11(2,13)8-7-9-3-5-10(12)6-4-9/h3-6H,13H2,1-2H3. The summed E-state index contributed by atoms with van der Waals surface area (Å²) in [6, 6.07) is 7.85. The summed E-state index contributed by atoms with van der Waals surface area (Å²) in [6.07, 6.45) is 0. The third-order valence-electron chi connectivity index (χ3n) is 1.37. The second-order valence-electron chi connectivity index (χ2n) is 3.48. The Morgan fingerprint density at radius 1 is 1.23 bits per heavy atom. The van der Waals surface area contributed by atoms with Crippen LogP contribution in [0.5, 0.6) is 0 Å². The predicted molar refractivity (Wildman–Crippen MR) is 59.3 cm³/mol. The molecule has 68 valence electrons. The number of benzene rings is 1. The Labute approximate surface area is 87.5 Å². The monoisotopic (exact) mass is 237 g/mol. The van der Waals surface area contributed by atoms with Crippen molar-refractivity contribution < 1.29 is 0 Å². The zero-order valence-corrected chi connectivity index (χ0v) is 9.35. The molecule has 0 heterocycles. The number of nitrogens with two attached hydrogens (primary N) is 1. The van der Waals surface area contributed by atoms with Crippen molar-refractivity contribution in [3.8, 4) is 11.8 Å². The molecule has 0 amide bonds. The van der Waals surface area contributed by atoms with Crippen LogP contribution in [0.1, 0.15) is 19.4 Å². The predicted octanol–water partition coefficient (Wildman–Crippen LogP) is 2.54. The first-order valence-corrected chi connectivity index (χ1v) is 4.84. The van der Waals surface area contributed by atoms with Gasteiger partial charge in [-0.05, 0) is 38.1 Å². The first-order chi connectivity index (χ1) is 5.97. The van der Waals surface area contributed by atoms with Crippen molar-refractivity contribution in [2.24, 2.45) is 5.73 Å². The molecule has 0 fully saturated rings. The molecule has 0 bridgehead atoms. The molecule has 1 aromatic carbocycles. The van der Waals surface area contributed by atoms with Crippen LogP contribution in [0.25, 0.3) is 0 Å². The van der Waals surface area contributed by atoms with Gasteiger partial charge < -0.3 is 5.73 Å². The van der Waals surface area contributed by atoms with Crippen LogP contribution in [0.3, 0.4) is 0 Å². The van der Waals surface area contributed by atoms with Gasteiger partial charge in [-0.15, -0.1) is 0 Å². The molecule has 0 spiro atoms. The van der Waals surface area contributed by atoms with Crippen LogP contribution in [-0.2, 0) is 0 Å². The molecule has 0 unspecified atom stereocenters. The Balaban J connectivity index is 2.85. The zero-order chi connectivity index (χ0) is 9.90. The first kappa shape index (κ1) is 10.3. The fraction of sp³-hybridized carbons (Fsp3) is 0.273. The lowest BCUT2D eigenvalue weighted by Crippen LogP contribution is -2.29. The Bertz CT molecular complexity index is 335. The number of hydrogen-bond acceptors (Lipinski definition) is 1. The van der Waals surface area contributed by atoms with Gasteiger partial charge in [0, 0.05) is 10.0 Å². The fourth-order valence-electron chi connectivity index (χ4n) is 0.766. The van der Waals surface area contributed by atoms with Gasteiger partial charge in [0.25, 0.3) is 0 Å². The molecule has 0 aliphatic rings. The number of hydrogen-bond donors (Lipinski definition) is 1. The van der Waals surface area contributed by atoms with E-state index in [1.807, 2.05) is 38.1 Å². The molecule has 1 rings (SSSR count). The molecule has 1 aromatic rings. The Morgan fingerprint density at radius 3 is 2.23 bits per heavy atom. The van der Waals surface area contributed by atoms with Gasteiger partial charge in [0.1, 0.15) is 0 Å². The molecule has 0 aliphatic carbocycles. The van der Waals surface area contributed by atoms with Crippen LogP contribution in [0, 0.1) is 11.8 Å². The number of halogens is 1. The van der Waals surface area contributed by atoms with Crippen molar-refractivity contribution in [3.63, 3.8) is 0 Å². The third-order valence-corrected chi connectivity index (χ3v) is 1.90. The van der Waals surface area contributed by atoms with Crippen LogP contribution in [0.2, 0.25) is 0 Å². The van der Waals surface area contributed by atoms with Crippen molar-refractivity contribution in [2.45, 2.75) is 19.4 Å². The molecule has 2 N–H and O–H groups in total. The largest absolute Gasteiger partial charge is 0.316 e. The lowest BCUT2D eigenvalue weighted by Gasteiger charge is -2.07. The molecule has 13 heavy (non-hydrogen) atoms. The summed E-state index contributed by atoms with van der Waals surface area (Å²) in [5, 5.41) is 0. The topological polar surface area (TPSA) is 26.0 Å². The Kier molecular flexibility index (Phi) is 3.13. The van der Waals surface area contributed by atoms with Crippen LogP contribution in [-0.4, -0.2) is 5.54 Å². The van der Waals surface area contributed by atoms with E-state index >= 15 is 0 Å². The van der Waals surface area contributed by atoms with E-state index in [9.17, 15) is 0 Å². The molecule has 0 saturated carbocycles. The average molecular weight is 238 g/mol. The average Bonchev–Trinajstić information content (AvgIpc) is 2.02. The van der Waals surface area contributed by atoms with Crippen molar-refractivity contribution in [3.05, 3.63) is 34.3 Å². The maximum absolute atomic E-state index is 5.73.